The van der Waals surface area contributed by atoms with E-state index in [2.05, 4.69) is 26.6 Å². The van der Waals surface area contributed by atoms with E-state index < -0.39 is 0 Å². The van der Waals surface area contributed by atoms with E-state index in [0.717, 1.165) is 42.4 Å². The third-order valence-electron chi connectivity index (χ3n) is 3.64. The van der Waals surface area contributed by atoms with Crippen molar-refractivity contribution in [1.29, 1.82) is 0 Å². The van der Waals surface area contributed by atoms with Gasteiger partial charge in [-0.2, -0.15) is 0 Å². The Morgan fingerprint density at radius 3 is 2.75 bits per heavy atom. The molecule has 0 unspecified atom stereocenters. The van der Waals surface area contributed by atoms with E-state index in [0.29, 0.717) is 12.5 Å². The molecule has 0 atom stereocenters. The zero-order valence-electron chi connectivity index (χ0n) is 11.4. The first kappa shape index (κ1) is 15.5. The van der Waals surface area contributed by atoms with E-state index in [1.165, 1.54) is 0 Å². The minimum absolute atomic E-state index is 0.0288. The second-order valence-electron chi connectivity index (χ2n) is 5.36. The van der Waals surface area contributed by atoms with Crippen LogP contribution in [0.4, 0.5) is 5.69 Å². The van der Waals surface area contributed by atoms with E-state index in [1.807, 2.05) is 24.3 Å². The van der Waals surface area contributed by atoms with Crippen LogP contribution in [0.2, 0.25) is 0 Å². The van der Waals surface area contributed by atoms with Crippen molar-refractivity contribution >= 4 is 27.5 Å². The number of aliphatic hydroxyl groups excluding tert-OH is 1. The van der Waals surface area contributed by atoms with Crippen LogP contribution in [-0.4, -0.2) is 30.2 Å². The number of amides is 1. The fourth-order valence-electron chi connectivity index (χ4n) is 2.51. The summed E-state index contributed by atoms with van der Waals surface area (Å²) in [6.45, 7) is 1.17. The zero-order valence-corrected chi connectivity index (χ0v) is 13.0. The molecule has 0 spiro atoms. The Kier molecular flexibility index (Phi) is 6.01. The molecule has 1 saturated carbocycles. The first-order valence-corrected chi connectivity index (χ1v) is 7.87. The summed E-state index contributed by atoms with van der Waals surface area (Å²) in [7, 11) is 0. The fourth-order valence-corrected chi connectivity index (χ4v) is 2.91. The summed E-state index contributed by atoms with van der Waals surface area (Å²) in [5.74, 6) is 0.552. The van der Waals surface area contributed by atoms with Gasteiger partial charge in [-0.15, -0.1) is 0 Å². The number of anilines is 1. The van der Waals surface area contributed by atoms with E-state index in [9.17, 15) is 9.90 Å². The molecule has 0 radical (unpaired) electrons. The molecule has 2 rings (SSSR count). The highest BCUT2D eigenvalue weighted by atomic mass is 79.9. The van der Waals surface area contributed by atoms with Gasteiger partial charge in [-0.1, -0.05) is 22.0 Å². The summed E-state index contributed by atoms with van der Waals surface area (Å²) in [6, 6.07) is 7.55. The van der Waals surface area contributed by atoms with Crippen LogP contribution in [0.15, 0.2) is 28.7 Å². The van der Waals surface area contributed by atoms with Gasteiger partial charge < -0.3 is 15.7 Å². The Balaban J connectivity index is 1.65. The molecule has 3 N–H and O–H groups in total. The van der Waals surface area contributed by atoms with E-state index >= 15 is 0 Å². The maximum Gasteiger partial charge on any atom is 0.238 e. The van der Waals surface area contributed by atoms with Crippen LogP contribution >= 0.6 is 15.9 Å². The Morgan fingerprint density at radius 2 is 2.05 bits per heavy atom. The summed E-state index contributed by atoms with van der Waals surface area (Å²) in [4.78, 5) is 11.8. The van der Waals surface area contributed by atoms with Gasteiger partial charge in [0, 0.05) is 10.2 Å². The largest absolute Gasteiger partial charge is 0.393 e. The highest BCUT2D eigenvalue weighted by Gasteiger charge is 2.18. The van der Waals surface area contributed by atoms with Crippen molar-refractivity contribution < 1.29 is 9.90 Å². The molecule has 1 aromatic carbocycles. The van der Waals surface area contributed by atoms with Crippen LogP contribution in [0, 0.1) is 5.92 Å². The quantitative estimate of drug-likeness (QED) is 0.771. The SMILES string of the molecule is O=C(CNCC1CCC(O)CC1)Nc1cccc(Br)c1. The highest BCUT2D eigenvalue weighted by molar-refractivity contribution is 9.10. The van der Waals surface area contributed by atoms with Gasteiger partial charge in [0.2, 0.25) is 5.91 Å². The Morgan fingerprint density at radius 1 is 1.30 bits per heavy atom. The third kappa shape index (κ3) is 5.23. The van der Waals surface area contributed by atoms with Crippen molar-refractivity contribution in [3.8, 4) is 0 Å². The summed E-state index contributed by atoms with van der Waals surface area (Å²) in [5.41, 5.74) is 0.798. The van der Waals surface area contributed by atoms with Gasteiger partial charge >= 0.3 is 0 Å². The maximum atomic E-state index is 11.8. The van der Waals surface area contributed by atoms with Gasteiger partial charge in [0.15, 0.2) is 0 Å². The van der Waals surface area contributed by atoms with Crippen molar-refractivity contribution in [3.05, 3.63) is 28.7 Å². The third-order valence-corrected chi connectivity index (χ3v) is 4.14. The molecule has 1 aliphatic rings. The number of aliphatic hydroxyl groups is 1. The lowest BCUT2D eigenvalue weighted by Crippen LogP contribution is -2.33. The van der Waals surface area contributed by atoms with Gasteiger partial charge in [-0.25, -0.2) is 0 Å². The van der Waals surface area contributed by atoms with Crippen molar-refractivity contribution in [3.63, 3.8) is 0 Å². The normalized spacial score (nSPS) is 22.5. The smallest absolute Gasteiger partial charge is 0.238 e. The van der Waals surface area contributed by atoms with Crippen LogP contribution in [0.25, 0.3) is 0 Å². The molecule has 0 saturated heterocycles. The minimum Gasteiger partial charge on any atom is -0.393 e. The molecular weight excluding hydrogens is 320 g/mol. The monoisotopic (exact) mass is 340 g/mol. The molecule has 0 bridgehead atoms. The summed E-state index contributed by atoms with van der Waals surface area (Å²) in [6.07, 6.45) is 3.74. The van der Waals surface area contributed by atoms with Gasteiger partial charge in [0.25, 0.3) is 0 Å². The van der Waals surface area contributed by atoms with Crippen LogP contribution in [0.5, 0.6) is 0 Å². The summed E-state index contributed by atoms with van der Waals surface area (Å²) >= 11 is 3.37. The molecule has 1 aromatic rings. The number of rotatable bonds is 5. The molecule has 5 heteroatoms. The molecule has 20 heavy (non-hydrogen) atoms. The predicted molar refractivity (Wildman–Crippen MR) is 83.6 cm³/mol. The topological polar surface area (TPSA) is 61.4 Å². The van der Waals surface area contributed by atoms with Gasteiger partial charge in [0.05, 0.1) is 12.6 Å². The minimum atomic E-state index is -0.119. The Bertz CT molecular complexity index is 445. The average Bonchev–Trinajstić information content (AvgIpc) is 2.41. The number of hydrogen-bond donors (Lipinski definition) is 3. The molecule has 0 aliphatic heterocycles. The molecule has 0 aromatic heterocycles. The number of carbonyl (C=O) groups is 1. The summed E-state index contributed by atoms with van der Waals surface area (Å²) < 4.78 is 0.948. The fraction of sp³-hybridized carbons (Fsp3) is 0.533. The maximum absolute atomic E-state index is 11.8. The Hall–Kier alpha value is -0.910. The van der Waals surface area contributed by atoms with Gasteiger partial charge in [0.1, 0.15) is 0 Å². The van der Waals surface area contributed by atoms with Crippen LogP contribution in [-0.2, 0) is 4.79 Å². The first-order valence-electron chi connectivity index (χ1n) is 7.07. The average molecular weight is 341 g/mol. The lowest BCUT2D eigenvalue weighted by molar-refractivity contribution is -0.115. The van der Waals surface area contributed by atoms with Crippen molar-refractivity contribution in [1.82, 2.24) is 5.32 Å². The highest BCUT2D eigenvalue weighted by Crippen LogP contribution is 2.23. The second kappa shape index (κ2) is 7.76. The van der Waals surface area contributed by atoms with E-state index in [1.54, 1.807) is 0 Å². The molecule has 1 aliphatic carbocycles. The predicted octanol–water partition coefficient (Wildman–Crippen LogP) is 2.53. The number of hydrogen-bond acceptors (Lipinski definition) is 3. The van der Waals surface area contributed by atoms with Crippen LogP contribution in [0.3, 0.4) is 0 Å². The molecular formula is C15H21BrN2O2. The number of benzene rings is 1. The molecule has 4 nitrogen and oxygen atoms in total. The van der Waals surface area contributed by atoms with Gasteiger partial charge in [-0.3, -0.25) is 4.79 Å². The summed E-state index contributed by atoms with van der Waals surface area (Å²) in [5, 5.41) is 15.5. The van der Waals surface area contributed by atoms with Crippen LogP contribution in [0.1, 0.15) is 25.7 Å². The van der Waals surface area contributed by atoms with Crippen molar-refractivity contribution in [2.75, 3.05) is 18.4 Å². The second-order valence-corrected chi connectivity index (χ2v) is 6.28. The van der Waals surface area contributed by atoms with Crippen molar-refractivity contribution in [2.45, 2.75) is 31.8 Å². The van der Waals surface area contributed by atoms with E-state index in [-0.39, 0.29) is 12.0 Å². The lowest BCUT2D eigenvalue weighted by Gasteiger charge is -2.25. The van der Waals surface area contributed by atoms with Crippen molar-refractivity contribution in [2.24, 2.45) is 5.92 Å². The number of halogens is 1. The molecule has 110 valence electrons. The number of nitrogens with one attached hydrogen (secondary N) is 2. The Labute approximate surface area is 128 Å². The zero-order chi connectivity index (χ0) is 14.4. The number of carbonyl (C=O) groups excluding carboxylic acids is 1. The lowest BCUT2D eigenvalue weighted by atomic mass is 9.87. The molecule has 0 heterocycles. The van der Waals surface area contributed by atoms with Crippen LogP contribution < -0.4 is 10.6 Å². The standard InChI is InChI=1S/C15H21BrN2O2/c16-12-2-1-3-13(8-12)18-15(20)10-17-9-11-4-6-14(19)7-5-11/h1-3,8,11,14,17,19H,4-7,9-10H2,(H,18,20). The van der Waals surface area contributed by atoms with E-state index in [4.69, 9.17) is 0 Å². The molecule has 1 fully saturated rings. The van der Waals surface area contributed by atoms with Gasteiger partial charge in [-0.05, 0) is 56.3 Å². The molecule has 1 amide bonds. The first-order chi connectivity index (χ1) is 9.63.